The molecule has 49 heavy (non-hydrogen) atoms. The van der Waals surface area contributed by atoms with E-state index in [-0.39, 0.29) is 43.5 Å². The van der Waals surface area contributed by atoms with Crippen LogP contribution in [0.2, 0.25) is 0 Å². The fourth-order valence-corrected chi connectivity index (χ4v) is 5.12. The van der Waals surface area contributed by atoms with Crippen molar-refractivity contribution < 1.29 is 42.8 Å². The first-order chi connectivity index (χ1) is 23.5. The van der Waals surface area contributed by atoms with E-state index in [1.54, 1.807) is 36.4 Å². The highest BCUT2D eigenvalue weighted by atomic mass is 16.7. The van der Waals surface area contributed by atoms with Crippen molar-refractivity contribution in [1.29, 1.82) is 0 Å². The number of methoxy groups -OCH3 is 2. The SMILES string of the molecule is CCCCOC(=O)C(Cc1ccc(OC(=O)OCCOc2c(C)cc(-c3nc4cc(OC)cc(OC)c4c(=O)[nH]3)cc2C)cc1)NC(C)=O. The minimum absolute atomic E-state index is 0.0681. The Hall–Kier alpha value is -5.59. The van der Waals surface area contributed by atoms with Crippen LogP contribution >= 0.6 is 0 Å². The summed E-state index contributed by atoms with van der Waals surface area (Å²) in [6.07, 6.45) is 0.928. The van der Waals surface area contributed by atoms with Gasteiger partial charge in [-0.05, 0) is 61.2 Å². The number of amides is 1. The highest BCUT2D eigenvalue weighted by molar-refractivity contribution is 5.87. The molecule has 4 aromatic rings. The second kappa shape index (κ2) is 17.0. The van der Waals surface area contributed by atoms with Gasteiger partial charge in [0.25, 0.3) is 5.56 Å². The zero-order chi connectivity index (χ0) is 35.5. The van der Waals surface area contributed by atoms with Gasteiger partial charge in [0.15, 0.2) is 0 Å². The highest BCUT2D eigenvalue weighted by Crippen LogP contribution is 2.31. The maximum Gasteiger partial charge on any atom is 0.513 e. The molecule has 3 aromatic carbocycles. The van der Waals surface area contributed by atoms with Crippen molar-refractivity contribution in [2.45, 2.75) is 53.0 Å². The van der Waals surface area contributed by atoms with E-state index in [1.165, 1.54) is 21.1 Å². The molecule has 0 saturated heterocycles. The van der Waals surface area contributed by atoms with Crippen LogP contribution in [0, 0.1) is 13.8 Å². The van der Waals surface area contributed by atoms with Gasteiger partial charge < -0.3 is 38.7 Å². The molecule has 13 nitrogen and oxygen atoms in total. The number of nitrogens with zero attached hydrogens (tertiary/aromatic N) is 1. The van der Waals surface area contributed by atoms with Crippen LogP contribution in [-0.2, 0) is 25.5 Å². The standard InChI is InChI=1S/C36H41N3O10/c1-7-8-13-47-35(42)29(37-23(4)40)18-24-9-11-26(12-10-24)49-36(43)48-15-14-46-32-21(2)16-25(17-22(32)3)33-38-28-19-27(44-5)20-30(45-6)31(28)34(41)39-33/h9-12,16-17,19-20,29H,7-8,13-15,18H2,1-6H3,(H,37,40)(H,38,39,41). The molecule has 4 rings (SSSR count). The number of H-pyrrole nitrogens is 1. The van der Waals surface area contributed by atoms with Crippen molar-refractivity contribution in [3.05, 3.63) is 75.6 Å². The van der Waals surface area contributed by atoms with Crippen LogP contribution in [0.4, 0.5) is 4.79 Å². The second-order valence-electron chi connectivity index (χ2n) is 11.2. The molecule has 0 aliphatic rings. The van der Waals surface area contributed by atoms with E-state index in [4.69, 9.17) is 28.4 Å². The van der Waals surface area contributed by atoms with E-state index >= 15 is 0 Å². The van der Waals surface area contributed by atoms with Gasteiger partial charge in [-0.1, -0.05) is 25.5 Å². The average Bonchev–Trinajstić information content (AvgIpc) is 3.07. The van der Waals surface area contributed by atoms with Crippen LogP contribution in [0.1, 0.15) is 43.4 Å². The van der Waals surface area contributed by atoms with Gasteiger partial charge in [0.1, 0.15) is 53.5 Å². The molecule has 0 radical (unpaired) electrons. The number of unbranched alkanes of at least 4 members (excludes halogenated alkanes) is 1. The lowest BCUT2D eigenvalue weighted by atomic mass is 10.0. The Labute approximate surface area is 283 Å². The first-order valence-corrected chi connectivity index (χ1v) is 15.8. The molecule has 2 N–H and O–H groups in total. The molecule has 0 bridgehead atoms. The molecule has 0 fully saturated rings. The van der Waals surface area contributed by atoms with Crippen molar-refractivity contribution in [1.82, 2.24) is 15.3 Å². The number of carbonyl (C=O) groups excluding carboxylic acids is 3. The minimum atomic E-state index is -0.907. The van der Waals surface area contributed by atoms with Crippen molar-refractivity contribution in [2.24, 2.45) is 0 Å². The number of ether oxygens (including phenoxy) is 6. The third kappa shape index (κ3) is 9.72. The Morgan fingerprint density at radius 2 is 1.61 bits per heavy atom. The van der Waals surface area contributed by atoms with Crippen LogP contribution in [0.5, 0.6) is 23.0 Å². The van der Waals surface area contributed by atoms with Gasteiger partial charge in [0.2, 0.25) is 5.91 Å². The van der Waals surface area contributed by atoms with E-state index in [0.717, 1.165) is 29.5 Å². The van der Waals surface area contributed by atoms with Gasteiger partial charge in [-0.25, -0.2) is 14.6 Å². The van der Waals surface area contributed by atoms with Crippen LogP contribution < -0.4 is 29.8 Å². The molecule has 0 spiro atoms. The molecule has 0 aliphatic carbocycles. The predicted octanol–water partition coefficient (Wildman–Crippen LogP) is 5.21. The smallest absolute Gasteiger partial charge is 0.497 e. The summed E-state index contributed by atoms with van der Waals surface area (Å²) in [7, 11) is 3.00. The van der Waals surface area contributed by atoms with Crippen molar-refractivity contribution in [3.63, 3.8) is 0 Å². The number of benzene rings is 3. The highest BCUT2D eigenvalue weighted by Gasteiger charge is 2.22. The molecule has 1 heterocycles. The van der Waals surface area contributed by atoms with Crippen LogP contribution in [0.15, 0.2) is 53.3 Å². The summed E-state index contributed by atoms with van der Waals surface area (Å²) >= 11 is 0. The Kier molecular flexibility index (Phi) is 12.6. The number of esters is 1. The largest absolute Gasteiger partial charge is 0.513 e. The lowest BCUT2D eigenvalue weighted by Crippen LogP contribution is -2.42. The first-order valence-electron chi connectivity index (χ1n) is 15.8. The third-order valence-electron chi connectivity index (χ3n) is 7.45. The van der Waals surface area contributed by atoms with Gasteiger partial charge in [0, 0.05) is 31.0 Å². The minimum Gasteiger partial charge on any atom is -0.497 e. The molecule has 1 amide bonds. The number of aryl methyl sites for hydroxylation is 2. The van der Waals surface area contributed by atoms with E-state index in [0.29, 0.717) is 39.5 Å². The number of fused-ring (bicyclic) bond motifs is 1. The van der Waals surface area contributed by atoms with Crippen LogP contribution in [-0.4, -0.2) is 68.1 Å². The normalized spacial score (nSPS) is 11.4. The van der Waals surface area contributed by atoms with Gasteiger partial charge in [-0.2, -0.15) is 0 Å². The molecular weight excluding hydrogens is 634 g/mol. The zero-order valence-corrected chi connectivity index (χ0v) is 28.5. The molecule has 13 heteroatoms. The summed E-state index contributed by atoms with van der Waals surface area (Å²) < 4.78 is 32.3. The van der Waals surface area contributed by atoms with E-state index in [2.05, 4.69) is 15.3 Å². The summed E-state index contributed by atoms with van der Waals surface area (Å²) in [6, 6.07) is 12.7. The fourth-order valence-electron chi connectivity index (χ4n) is 5.12. The number of nitrogens with one attached hydrogen (secondary N) is 2. The zero-order valence-electron chi connectivity index (χ0n) is 28.5. The third-order valence-corrected chi connectivity index (χ3v) is 7.45. The molecule has 1 atom stereocenters. The second-order valence-corrected chi connectivity index (χ2v) is 11.2. The summed E-state index contributed by atoms with van der Waals surface area (Å²) in [5.41, 5.74) is 3.09. The molecule has 1 aromatic heterocycles. The topological polar surface area (TPSA) is 164 Å². The van der Waals surface area contributed by atoms with Crippen LogP contribution in [0.3, 0.4) is 0 Å². The lowest BCUT2D eigenvalue weighted by molar-refractivity contribution is -0.147. The fraction of sp³-hybridized carbons (Fsp3) is 0.361. The maximum absolute atomic E-state index is 13.0. The number of hydrogen-bond acceptors (Lipinski definition) is 11. The Morgan fingerprint density at radius 1 is 0.898 bits per heavy atom. The monoisotopic (exact) mass is 675 g/mol. The molecule has 1 unspecified atom stereocenters. The molecule has 0 saturated carbocycles. The maximum atomic E-state index is 13.0. The van der Waals surface area contributed by atoms with E-state index in [9.17, 15) is 19.2 Å². The van der Waals surface area contributed by atoms with Crippen molar-refractivity contribution >= 4 is 28.9 Å². The first kappa shape index (κ1) is 36.2. The Balaban J connectivity index is 1.31. The number of hydrogen-bond donors (Lipinski definition) is 2. The number of aromatic amines is 1. The Morgan fingerprint density at radius 3 is 2.24 bits per heavy atom. The summed E-state index contributed by atoms with van der Waals surface area (Å²) in [5.74, 6) is 1.26. The number of aromatic nitrogens is 2. The van der Waals surface area contributed by atoms with Crippen molar-refractivity contribution in [3.8, 4) is 34.4 Å². The van der Waals surface area contributed by atoms with Gasteiger partial charge in [-0.3, -0.25) is 9.59 Å². The van der Waals surface area contributed by atoms with E-state index < -0.39 is 18.2 Å². The molecule has 0 aliphatic heterocycles. The van der Waals surface area contributed by atoms with Gasteiger partial charge >= 0.3 is 12.1 Å². The summed E-state index contributed by atoms with van der Waals surface area (Å²) in [4.78, 5) is 56.8. The van der Waals surface area contributed by atoms with Gasteiger partial charge in [0.05, 0.1) is 26.3 Å². The lowest BCUT2D eigenvalue weighted by Gasteiger charge is -2.17. The van der Waals surface area contributed by atoms with Crippen molar-refractivity contribution in [2.75, 3.05) is 34.0 Å². The Bertz CT molecular complexity index is 1830. The van der Waals surface area contributed by atoms with Gasteiger partial charge in [-0.15, -0.1) is 0 Å². The average molecular weight is 676 g/mol. The number of rotatable bonds is 15. The quantitative estimate of drug-likeness (QED) is 0.0966. The summed E-state index contributed by atoms with van der Waals surface area (Å²) in [5, 5.41) is 2.94. The summed E-state index contributed by atoms with van der Waals surface area (Å²) in [6.45, 7) is 7.34. The predicted molar refractivity (Wildman–Crippen MR) is 181 cm³/mol. The molecule has 260 valence electrons. The number of carbonyl (C=O) groups is 3. The molecular formula is C36H41N3O10. The van der Waals surface area contributed by atoms with Crippen LogP contribution in [0.25, 0.3) is 22.3 Å². The van der Waals surface area contributed by atoms with E-state index in [1.807, 2.05) is 32.9 Å².